The predicted octanol–water partition coefficient (Wildman–Crippen LogP) is 4.42. The highest BCUT2D eigenvalue weighted by Crippen LogP contribution is 2.43. The number of nitrogens with zero attached hydrogens (tertiary/aromatic N) is 1. The lowest BCUT2D eigenvalue weighted by Gasteiger charge is -2.16. The van der Waals surface area contributed by atoms with Gasteiger partial charge in [0.25, 0.3) is 5.24 Å². The fourth-order valence-corrected chi connectivity index (χ4v) is 5.09. The summed E-state index contributed by atoms with van der Waals surface area (Å²) < 4.78 is 11.5. The Morgan fingerprint density at radius 1 is 1.10 bits per heavy atom. The third-order valence-electron chi connectivity index (χ3n) is 5.46. The third kappa shape index (κ3) is 3.21. The highest BCUT2D eigenvalue weighted by molar-refractivity contribution is 8.15. The Morgan fingerprint density at radius 2 is 1.97 bits per heavy atom. The molecule has 7 heteroatoms. The Kier molecular flexibility index (Phi) is 4.39. The zero-order chi connectivity index (χ0) is 20.0. The largest absolute Gasteiger partial charge is 0.497 e. The molecule has 1 aliphatic carbocycles. The topological polar surface area (TPSA) is 77.5 Å². The summed E-state index contributed by atoms with van der Waals surface area (Å²) in [6.45, 7) is 0. The van der Waals surface area contributed by atoms with E-state index in [4.69, 9.17) is 9.47 Å². The summed E-state index contributed by atoms with van der Waals surface area (Å²) in [5, 5.41) is 2.67. The quantitative estimate of drug-likeness (QED) is 0.691. The molecule has 0 spiro atoms. The second-order valence-electron chi connectivity index (χ2n) is 7.12. The first kappa shape index (κ1) is 18.0. The summed E-state index contributed by atoms with van der Waals surface area (Å²) >= 11 is 1.10. The Morgan fingerprint density at radius 3 is 2.76 bits per heavy atom. The van der Waals surface area contributed by atoms with Crippen LogP contribution in [0.2, 0.25) is 0 Å². The van der Waals surface area contributed by atoms with E-state index in [1.807, 2.05) is 42.5 Å². The number of thioether (sulfide) groups is 1. The van der Waals surface area contributed by atoms with Crippen molar-refractivity contribution in [1.82, 2.24) is 10.3 Å². The minimum Gasteiger partial charge on any atom is -0.497 e. The van der Waals surface area contributed by atoms with E-state index in [1.165, 1.54) is 0 Å². The molecule has 6 nitrogen and oxygen atoms in total. The number of carbonyl (C=O) groups is 2. The summed E-state index contributed by atoms with van der Waals surface area (Å²) in [4.78, 5) is 28.0. The molecule has 0 bridgehead atoms. The number of hydrogen-bond donors (Lipinski definition) is 1. The number of aromatic nitrogens is 1. The number of nitrogens with one attached hydrogen (secondary N) is 1. The zero-order valence-electron chi connectivity index (χ0n) is 15.7. The first-order chi connectivity index (χ1) is 14.1. The standard InChI is InChI=1S/C22H18N2O4S/c1-27-13-4-7-18-17(11-13)19(8-9-23-18)28-14-3-6-15-12(10-14)2-5-16(15)20-21(25)24-22(26)29-20/h3-4,6-11,16,20H,2,5H2,1H3,(H,24,25,26)/t16-,20?/m1/s1. The van der Waals surface area contributed by atoms with Gasteiger partial charge in [-0.05, 0) is 60.4 Å². The average Bonchev–Trinajstić information content (AvgIpc) is 3.29. The van der Waals surface area contributed by atoms with Gasteiger partial charge < -0.3 is 9.47 Å². The van der Waals surface area contributed by atoms with E-state index in [-0.39, 0.29) is 22.3 Å². The van der Waals surface area contributed by atoms with Crippen LogP contribution in [0.4, 0.5) is 4.79 Å². The van der Waals surface area contributed by atoms with Gasteiger partial charge in [-0.1, -0.05) is 17.8 Å². The maximum atomic E-state index is 12.1. The Balaban J connectivity index is 1.44. The second-order valence-corrected chi connectivity index (χ2v) is 8.23. The van der Waals surface area contributed by atoms with Crippen LogP contribution in [0, 0.1) is 0 Å². The number of ether oxygens (including phenoxy) is 2. The third-order valence-corrected chi connectivity index (χ3v) is 6.57. The van der Waals surface area contributed by atoms with Crippen molar-refractivity contribution >= 4 is 33.8 Å². The van der Waals surface area contributed by atoms with Crippen LogP contribution in [0.1, 0.15) is 23.5 Å². The SMILES string of the molecule is COc1ccc2nccc(Oc3ccc4c(c3)CC[C@H]4C3SC(=O)NC3=O)c2c1. The van der Waals surface area contributed by atoms with Crippen molar-refractivity contribution in [3.05, 3.63) is 59.8 Å². The van der Waals surface area contributed by atoms with Gasteiger partial charge in [-0.15, -0.1) is 0 Å². The lowest BCUT2D eigenvalue weighted by molar-refractivity contribution is -0.119. The van der Waals surface area contributed by atoms with Crippen LogP contribution in [0.25, 0.3) is 10.9 Å². The molecule has 1 aromatic heterocycles. The van der Waals surface area contributed by atoms with Crippen molar-refractivity contribution in [2.24, 2.45) is 0 Å². The first-order valence-corrected chi connectivity index (χ1v) is 10.3. The van der Waals surface area contributed by atoms with Crippen LogP contribution in [-0.4, -0.2) is 28.5 Å². The van der Waals surface area contributed by atoms with Gasteiger partial charge in [0.2, 0.25) is 5.91 Å². The van der Waals surface area contributed by atoms with Crippen molar-refractivity contribution in [2.45, 2.75) is 24.0 Å². The van der Waals surface area contributed by atoms with Crippen LogP contribution in [0.5, 0.6) is 17.2 Å². The van der Waals surface area contributed by atoms with Crippen LogP contribution in [0.15, 0.2) is 48.7 Å². The Hall–Kier alpha value is -3.06. The predicted molar refractivity (Wildman–Crippen MR) is 111 cm³/mol. The molecule has 1 N–H and O–H groups in total. The highest BCUT2D eigenvalue weighted by atomic mass is 32.2. The first-order valence-electron chi connectivity index (χ1n) is 9.37. The minimum absolute atomic E-state index is 0.0570. The molecule has 1 unspecified atom stereocenters. The number of carbonyl (C=O) groups excluding carboxylic acids is 2. The van der Waals surface area contributed by atoms with E-state index in [0.29, 0.717) is 5.75 Å². The van der Waals surface area contributed by atoms with Gasteiger partial charge in [-0.2, -0.15) is 0 Å². The van der Waals surface area contributed by atoms with E-state index in [9.17, 15) is 9.59 Å². The lowest BCUT2D eigenvalue weighted by Crippen LogP contribution is -2.27. The molecular weight excluding hydrogens is 388 g/mol. The lowest BCUT2D eigenvalue weighted by atomic mass is 9.97. The molecule has 1 fully saturated rings. The van der Waals surface area contributed by atoms with Crippen molar-refractivity contribution in [1.29, 1.82) is 0 Å². The zero-order valence-corrected chi connectivity index (χ0v) is 16.5. The molecule has 2 amide bonds. The van der Waals surface area contributed by atoms with Crippen molar-refractivity contribution in [3.8, 4) is 17.2 Å². The number of pyridine rings is 1. The number of methoxy groups -OCH3 is 1. The van der Waals surface area contributed by atoms with Gasteiger partial charge in [0.15, 0.2) is 0 Å². The average molecular weight is 406 g/mol. The molecule has 2 heterocycles. The fraction of sp³-hybridized carbons (Fsp3) is 0.227. The van der Waals surface area contributed by atoms with Crippen molar-refractivity contribution in [2.75, 3.05) is 7.11 Å². The number of hydrogen-bond acceptors (Lipinski definition) is 6. The molecule has 0 saturated carbocycles. The molecule has 3 aromatic rings. The molecule has 1 saturated heterocycles. The Labute approximate surface area is 171 Å². The molecule has 29 heavy (non-hydrogen) atoms. The molecule has 2 aliphatic rings. The summed E-state index contributed by atoms with van der Waals surface area (Å²) in [5.74, 6) is 2.06. The van der Waals surface area contributed by atoms with Gasteiger partial charge in [0, 0.05) is 17.5 Å². The minimum atomic E-state index is -0.341. The summed E-state index contributed by atoms with van der Waals surface area (Å²) in [5.41, 5.74) is 3.12. The van der Waals surface area contributed by atoms with E-state index < -0.39 is 0 Å². The second kappa shape index (κ2) is 7.08. The van der Waals surface area contributed by atoms with Gasteiger partial charge in [0.05, 0.1) is 12.6 Å². The fourth-order valence-electron chi connectivity index (χ4n) is 4.08. The summed E-state index contributed by atoms with van der Waals surface area (Å²) in [7, 11) is 1.63. The smallest absolute Gasteiger partial charge is 0.286 e. The van der Waals surface area contributed by atoms with Crippen molar-refractivity contribution < 1.29 is 19.1 Å². The maximum Gasteiger partial charge on any atom is 0.286 e. The van der Waals surface area contributed by atoms with Crippen molar-refractivity contribution in [3.63, 3.8) is 0 Å². The van der Waals surface area contributed by atoms with Gasteiger partial charge >= 0.3 is 0 Å². The number of fused-ring (bicyclic) bond motifs is 2. The maximum absolute atomic E-state index is 12.1. The number of imide groups is 1. The molecule has 0 radical (unpaired) electrons. The van der Waals surface area contributed by atoms with Gasteiger partial charge in [0.1, 0.15) is 22.5 Å². The molecule has 2 atom stereocenters. The van der Waals surface area contributed by atoms with Crippen LogP contribution in [-0.2, 0) is 11.2 Å². The molecule has 146 valence electrons. The molecule has 2 aromatic carbocycles. The number of rotatable bonds is 4. The molecule has 5 rings (SSSR count). The molecule has 1 aliphatic heterocycles. The normalized spacial score (nSPS) is 20.6. The van der Waals surface area contributed by atoms with Crippen LogP contribution in [0.3, 0.4) is 0 Å². The highest BCUT2D eigenvalue weighted by Gasteiger charge is 2.41. The van der Waals surface area contributed by atoms with Crippen LogP contribution >= 0.6 is 11.8 Å². The number of benzene rings is 2. The monoisotopic (exact) mass is 406 g/mol. The van der Waals surface area contributed by atoms with E-state index in [2.05, 4.69) is 10.3 Å². The Bertz CT molecular complexity index is 1150. The summed E-state index contributed by atoms with van der Waals surface area (Å²) in [6.07, 6.45) is 3.44. The van der Waals surface area contributed by atoms with E-state index >= 15 is 0 Å². The molecular formula is C22H18N2O4S. The van der Waals surface area contributed by atoms with Gasteiger partial charge in [-0.3, -0.25) is 19.9 Å². The van der Waals surface area contributed by atoms with Crippen LogP contribution < -0.4 is 14.8 Å². The number of aryl methyl sites for hydroxylation is 1. The van der Waals surface area contributed by atoms with E-state index in [0.717, 1.165) is 58.1 Å². The van der Waals surface area contributed by atoms with Gasteiger partial charge in [-0.25, -0.2) is 0 Å². The number of amides is 2. The summed E-state index contributed by atoms with van der Waals surface area (Å²) in [6, 6.07) is 13.5. The van der Waals surface area contributed by atoms with E-state index in [1.54, 1.807) is 13.3 Å².